The van der Waals surface area contributed by atoms with Gasteiger partial charge in [-0.2, -0.15) is 0 Å². The van der Waals surface area contributed by atoms with E-state index < -0.39 is 0 Å². The van der Waals surface area contributed by atoms with Gasteiger partial charge in [-0.25, -0.2) is 4.68 Å². The van der Waals surface area contributed by atoms with Crippen LogP contribution in [0.1, 0.15) is 27.2 Å². The lowest BCUT2D eigenvalue weighted by atomic mass is 10.3. The van der Waals surface area contributed by atoms with E-state index in [0.717, 1.165) is 31.2 Å². The van der Waals surface area contributed by atoms with Crippen LogP contribution >= 0.6 is 11.8 Å². The SMILES string of the molecule is CCCNCCn1nnnc1SC(C)C(C)O. The van der Waals surface area contributed by atoms with Gasteiger partial charge in [0.15, 0.2) is 0 Å². The molecule has 1 rings (SSSR count). The number of hydrogen-bond acceptors (Lipinski definition) is 6. The molecule has 0 aromatic carbocycles. The molecule has 6 nitrogen and oxygen atoms in total. The molecule has 7 heteroatoms. The smallest absolute Gasteiger partial charge is 0.209 e. The Morgan fingerprint density at radius 1 is 1.41 bits per heavy atom. The zero-order chi connectivity index (χ0) is 12.7. The van der Waals surface area contributed by atoms with Crippen molar-refractivity contribution >= 4 is 11.8 Å². The summed E-state index contributed by atoms with van der Waals surface area (Å²) in [5, 5.41) is 25.2. The maximum Gasteiger partial charge on any atom is 0.209 e. The molecule has 0 amide bonds. The van der Waals surface area contributed by atoms with Crippen LogP contribution in [0.3, 0.4) is 0 Å². The van der Waals surface area contributed by atoms with Crippen LogP contribution in [-0.2, 0) is 6.54 Å². The highest BCUT2D eigenvalue weighted by atomic mass is 32.2. The second-order valence-electron chi connectivity index (χ2n) is 4.00. The second kappa shape index (κ2) is 7.62. The van der Waals surface area contributed by atoms with Crippen molar-refractivity contribution in [1.29, 1.82) is 0 Å². The van der Waals surface area contributed by atoms with Crippen LogP contribution in [0.4, 0.5) is 0 Å². The zero-order valence-corrected chi connectivity index (χ0v) is 11.4. The topological polar surface area (TPSA) is 75.9 Å². The highest BCUT2D eigenvalue weighted by Gasteiger charge is 2.15. The molecule has 0 aliphatic carbocycles. The number of thioether (sulfide) groups is 1. The minimum atomic E-state index is -0.372. The van der Waals surface area contributed by atoms with Gasteiger partial charge in [0.2, 0.25) is 5.16 Å². The minimum absolute atomic E-state index is 0.0864. The fourth-order valence-electron chi connectivity index (χ4n) is 1.17. The summed E-state index contributed by atoms with van der Waals surface area (Å²) in [7, 11) is 0. The molecule has 0 bridgehead atoms. The molecular weight excluding hydrogens is 238 g/mol. The third kappa shape index (κ3) is 5.01. The quantitative estimate of drug-likeness (QED) is 0.524. The summed E-state index contributed by atoms with van der Waals surface area (Å²) in [4.78, 5) is 0. The minimum Gasteiger partial charge on any atom is -0.392 e. The summed E-state index contributed by atoms with van der Waals surface area (Å²) < 4.78 is 1.77. The Labute approximate surface area is 106 Å². The van der Waals surface area contributed by atoms with Crippen molar-refractivity contribution in [3.8, 4) is 0 Å². The van der Waals surface area contributed by atoms with E-state index in [9.17, 15) is 5.11 Å². The van der Waals surface area contributed by atoms with Gasteiger partial charge in [0.05, 0.1) is 12.6 Å². The molecule has 0 aliphatic heterocycles. The van der Waals surface area contributed by atoms with Crippen LogP contribution in [0, 0.1) is 0 Å². The van der Waals surface area contributed by atoms with Crippen molar-refractivity contribution in [3.05, 3.63) is 0 Å². The van der Waals surface area contributed by atoms with E-state index in [1.165, 1.54) is 11.8 Å². The van der Waals surface area contributed by atoms with Crippen molar-refractivity contribution < 1.29 is 5.11 Å². The highest BCUT2D eigenvalue weighted by Crippen LogP contribution is 2.22. The molecule has 0 saturated heterocycles. The largest absolute Gasteiger partial charge is 0.392 e. The summed E-state index contributed by atoms with van der Waals surface area (Å²) in [6, 6.07) is 0. The Bertz CT molecular complexity index is 317. The van der Waals surface area contributed by atoms with E-state index in [2.05, 4.69) is 27.8 Å². The van der Waals surface area contributed by atoms with E-state index in [1.54, 1.807) is 11.6 Å². The number of aliphatic hydroxyl groups is 1. The Kier molecular flexibility index (Phi) is 6.46. The van der Waals surface area contributed by atoms with Gasteiger partial charge in [0.1, 0.15) is 0 Å². The average molecular weight is 259 g/mol. The van der Waals surface area contributed by atoms with Crippen LogP contribution < -0.4 is 5.32 Å². The molecule has 17 heavy (non-hydrogen) atoms. The number of aromatic nitrogens is 4. The molecule has 0 radical (unpaired) electrons. The number of nitrogens with one attached hydrogen (secondary N) is 1. The van der Waals surface area contributed by atoms with E-state index in [-0.39, 0.29) is 11.4 Å². The molecule has 1 heterocycles. The molecule has 98 valence electrons. The standard InChI is InChI=1S/C10H21N5OS/c1-4-5-11-6-7-15-10(12-13-14-15)17-9(3)8(2)16/h8-9,11,16H,4-7H2,1-3H3. The average Bonchev–Trinajstić information content (AvgIpc) is 2.72. The maximum atomic E-state index is 9.45. The molecule has 0 saturated carbocycles. The van der Waals surface area contributed by atoms with Gasteiger partial charge >= 0.3 is 0 Å². The summed E-state index contributed by atoms with van der Waals surface area (Å²) in [5.41, 5.74) is 0. The molecule has 2 atom stereocenters. The predicted octanol–water partition coefficient (Wildman–Crippen LogP) is 0.534. The van der Waals surface area contributed by atoms with Gasteiger partial charge in [-0.3, -0.25) is 0 Å². The second-order valence-corrected chi connectivity index (χ2v) is 5.34. The van der Waals surface area contributed by atoms with Crippen molar-refractivity contribution in [2.24, 2.45) is 0 Å². The number of nitrogens with zero attached hydrogens (tertiary/aromatic N) is 4. The van der Waals surface area contributed by atoms with Crippen LogP contribution in [0.15, 0.2) is 5.16 Å². The first-order valence-corrected chi connectivity index (χ1v) is 6.84. The van der Waals surface area contributed by atoms with Gasteiger partial charge in [0, 0.05) is 11.8 Å². The van der Waals surface area contributed by atoms with Crippen molar-refractivity contribution in [2.45, 2.75) is 50.2 Å². The molecule has 2 unspecified atom stereocenters. The highest BCUT2D eigenvalue weighted by molar-refractivity contribution is 7.99. The first kappa shape index (κ1) is 14.4. The van der Waals surface area contributed by atoms with Gasteiger partial charge in [-0.15, -0.1) is 5.10 Å². The summed E-state index contributed by atoms with van der Waals surface area (Å²) in [6.07, 6.45) is 0.749. The summed E-state index contributed by atoms with van der Waals surface area (Å²) in [6.45, 7) is 8.49. The third-order valence-corrected chi connectivity index (χ3v) is 3.67. The number of aliphatic hydroxyl groups excluding tert-OH is 1. The maximum absolute atomic E-state index is 9.45. The van der Waals surface area contributed by atoms with E-state index in [1.807, 2.05) is 6.92 Å². The Morgan fingerprint density at radius 3 is 2.82 bits per heavy atom. The first-order valence-electron chi connectivity index (χ1n) is 5.96. The normalized spacial score (nSPS) is 14.8. The van der Waals surface area contributed by atoms with Gasteiger partial charge in [-0.05, 0) is 30.3 Å². The molecule has 0 fully saturated rings. The fourth-order valence-corrected chi connectivity index (χ4v) is 2.04. The lowest BCUT2D eigenvalue weighted by molar-refractivity contribution is 0.196. The van der Waals surface area contributed by atoms with Gasteiger partial charge in [-0.1, -0.05) is 25.6 Å². The Hall–Kier alpha value is -0.660. The predicted molar refractivity (Wildman–Crippen MR) is 68.0 cm³/mol. The van der Waals surface area contributed by atoms with Crippen molar-refractivity contribution in [2.75, 3.05) is 13.1 Å². The molecular formula is C10H21N5OS. The lowest BCUT2D eigenvalue weighted by Crippen LogP contribution is -2.22. The number of hydrogen-bond donors (Lipinski definition) is 2. The van der Waals surface area contributed by atoms with Crippen molar-refractivity contribution in [3.63, 3.8) is 0 Å². The van der Waals surface area contributed by atoms with Crippen LogP contribution in [-0.4, -0.2) is 49.8 Å². The Morgan fingerprint density at radius 2 is 2.18 bits per heavy atom. The third-order valence-electron chi connectivity index (χ3n) is 2.40. The van der Waals surface area contributed by atoms with Crippen LogP contribution in [0.25, 0.3) is 0 Å². The molecule has 2 N–H and O–H groups in total. The van der Waals surface area contributed by atoms with Crippen LogP contribution in [0.5, 0.6) is 0 Å². The monoisotopic (exact) mass is 259 g/mol. The van der Waals surface area contributed by atoms with E-state index >= 15 is 0 Å². The molecule has 0 aliphatic rings. The zero-order valence-electron chi connectivity index (χ0n) is 10.6. The Balaban J connectivity index is 2.42. The first-order chi connectivity index (χ1) is 8.15. The van der Waals surface area contributed by atoms with Crippen molar-refractivity contribution in [1.82, 2.24) is 25.5 Å². The van der Waals surface area contributed by atoms with E-state index in [4.69, 9.17) is 0 Å². The summed E-state index contributed by atoms with van der Waals surface area (Å²) >= 11 is 1.50. The molecule has 0 spiro atoms. The number of rotatable bonds is 8. The lowest BCUT2D eigenvalue weighted by Gasteiger charge is -2.13. The van der Waals surface area contributed by atoms with E-state index in [0.29, 0.717) is 0 Å². The molecule has 1 aromatic rings. The summed E-state index contributed by atoms with van der Waals surface area (Å²) in [5.74, 6) is 0. The van der Waals surface area contributed by atoms with Crippen LogP contribution in [0.2, 0.25) is 0 Å². The van der Waals surface area contributed by atoms with Gasteiger partial charge in [0.25, 0.3) is 0 Å². The molecule has 1 aromatic heterocycles. The fraction of sp³-hybridized carbons (Fsp3) is 0.900. The van der Waals surface area contributed by atoms with Gasteiger partial charge < -0.3 is 10.4 Å². The number of tetrazole rings is 1.